The zero-order valence-electron chi connectivity index (χ0n) is 16.2. The van der Waals surface area contributed by atoms with Gasteiger partial charge >= 0.3 is 17.8 Å². The second kappa shape index (κ2) is 6.16. The first kappa shape index (κ1) is 20.2. The molecule has 0 fully saturated rings. The minimum atomic E-state index is -5.61. The van der Waals surface area contributed by atoms with Gasteiger partial charge in [0.15, 0.2) is 0 Å². The lowest BCUT2D eigenvalue weighted by Gasteiger charge is -2.25. The molecule has 4 aromatic rings. The third-order valence-electron chi connectivity index (χ3n) is 5.71. The molecule has 0 unspecified atom stereocenters. The molecular weight excluding hydrogens is 438 g/mol. The summed E-state index contributed by atoms with van der Waals surface area (Å²) >= 11 is 1.09. The van der Waals surface area contributed by atoms with Crippen LogP contribution < -0.4 is 0 Å². The third-order valence-corrected chi connectivity index (χ3v) is 6.80. The summed E-state index contributed by atoms with van der Waals surface area (Å²) in [5.74, 6) is -15.9. The molecule has 0 spiro atoms. The number of halogens is 6. The van der Waals surface area contributed by atoms with Crippen molar-refractivity contribution in [2.75, 3.05) is 0 Å². The van der Waals surface area contributed by atoms with Gasteiger partial charge in [-0.2, -0.15) is 26.3 Å². The van der Waals surface area contributed by atoms with E-state index in [0.717, 1.165) is 11.3 Å². The molecule has 0 saturated carbocycles. The second-order valence-corrected chi connectivity index (χ2v) is 8.79. The highest BCUT2D eigenvalue weighted by molar-refractivity contribution is 7.19. The number of benzene rings is 2. The Labute approximate surface area is 176 Å². The van der Waals surface area contributed by atoms with Crippen molar-refractivity contribution < 1.29 is 30.8 Å². The molecule has 5 rings (SSSR count). The van der Waals surface area contributed by atoms with Gasteiger partial charge in [0.25, 0.3) is 0 Å². The number of alkyl halides is 6. The molecule has 2 heterocycles. The number of thiophene rings is 1. The first-order valence-corrected chi connectivity index (χ1v) is 10.2. The van der Waals surface area contributed by atoms with Crippen LogP contribution in [0.5, 0.6) is 0 Å². The Bertz CT molecular complexity index is 1290. The van der Waals surface area contributed by atoms with Gasteiger partial charge in [-0.1, -0.05) is 36.4 Å². The van der Waals surface area contributed by atoms with Crippen LogP contribution >= 0.6 is 11.3 Å². The van der Waals surface area contributed by atoms with Crippen LogP contribution in [0.2, 0.25) is 0 Å². The Morgan fingerprint density at radius 1 is 0.710 bits per heavy atom. The smallest absolute Gasteiger partial charge is 0.380 e. The molecule has 1 aliphatic carbocycles. The quantitative estimate of drug-likeness (QED) is 0.280. The summed E-state index contributed by atoms with van der Waals surface area (Å²) in [5, 5.41) is 0.314. The molecule has 160 valence electrons. The Balaban J connectivity index is 2.00. The van der Waals surface area contributed by atoms with Crippen molar-refractivity contribution in [1.82, 2.24) is 0 Å². The number of aryl methyl sites for hydroxylation is 2. The van der Waals surface area contributed by atoms with Gasteiger partial charge in [0.1, 0.15) is 11.3 Å². The largest absolute Gasteiger partial charge is 0.461 e. The SMILES string of the molecule is Cc1oc2ccccc2c1C1=C(c2c(C)sc3ccccc23)C(F)(F)C(F)(F)C1(F)F. The summed E-state index contributed by atoms with van der Waals surface area (Å²) in [5.41, 5.74) is -3.25. The summed E-state index contributed by atoms with van der Waals surface area (Å²) < 4.78 is 96.2. The maximum Gasteiger partial charge on any atom is 0.380 e. The van der Waals surface area contributed by atoms with Gasteiger partial charge in [-0.25, -0.2) is 0 Å². The first-order chi connectivity index (χ1) is 14.5. The van der Waals surface area contributed by atoms with E-state index in [1.807, 2.05) is 0 Å². The predicted molar refractivity (Wildman–Crippen MR) is 109 cm³/mol. The van der Waals surface area contributed by atoms with E-state index < -0.39 is 34.5 Å². The van der Waals surface area contributed by atoms with E-state index >= 15 is 17.6 Å². The van der Waals surface area contributed by atoms with Crippen molar-refractivity contribution in [2.24, 2.45) is 0 Å². The summed E-state index contributed by atoms with van der Waals surface area (Å²) in [6.07, 6.45) is 0. The van der Waals surface area contributed by atoms with Crippen LogP contribution in [0.1, 0.15) is 21.8 Å². The van der Waals surface area contributed by atoms with Crippen molar-refractivity contribution >= 4 is 43.5 Å². The average molecular weight is 452 g/mol. The lowest BCUT2D eigenvalue weighted by molar-refractivity contribution is -0.254. The van der Waals surface area contributed by atoms with E-state index in [9.17, 15) is 8.78 Å². The van der Waals surface area contributed by atoms with Gasteiger partial charge in [0.2, 0.25) is 0 Å². The highest BCUT2D eigenvalue weighted by atomic mass is 32.1. The van der Waals surface area contributed by atoms with E-state index in [-0.39, 0.29) is 32.6 Å². The number of fused-ring (bicyclic) bond motifs is 2. The predicted octanol–water partition coefficient (Wildman–Crippen LogP) is 8.09. The number of para-hydroxylation sites is 1. The topological polar surface area (TPSA) is 13.1 Å². The lowest BCUT2D eigenvalue weighted by Crippen LogP contribution is -2.48. The summed E-state index contributed by atoms with van der Waals surface area (Å²) in [6, 6.07) is 12.3. The van der Waals surface area contributed by atoms with Crippen LogP contribution in [0.3, 0.4) is 0 Å². The lowest BCUT2D eigenvalue weighted by atomic mass is 9.91. The van der Waals surface area contributed by atoms with Gasteiger partial charge < -0.3 is 4.42 Å². The van der Waals surface area contributed by atoms with E-state index in [1.54, 1.807) is 24.3 Å². The fourth-order valence-electron chi connectivity index (χ4n) is 4.35. The van der Waals surface area contributed by atoms with Crippen molar-refractivity contribution in [1.29, 1.82) is 0 Å². The minimum Gasteiger partial charge on any atom is -0.461 e. The van der Waals surface area contributed by atoms with E-state index in [1.165, 1.54) is 38.1 Å². The number of hydrogen-bond donors (Lipinski definition) is 0. The molecule has 8 heteroatoms. The molecule has 0 aliphatic heterocycles. The third kappa shape index (κ3) is 2.39. The molecule has 2 aromatic heterocycles. The molecule has 2 aromatic carbocycles. The number of rotatable bonds is 2. The van der Waals surface area contributed by atoms with Crippen LogP contribution in [-0.4, -0.2) is 17.8 Å². The standard InChI is InChI=1S/C23H14F6OS/c1-11-17(13-7-3-5-9-15(13)30-11)19-20(22(26,27)23(28,29)21(19,24)25)18-12(2)31-16-10-6-4-8-14(16)18/h3-10H,1-2H3. The van der Waals surface area contributed by atoms with Gasteiger partial charge in [-0.3, -0.25) is 0 Å². The molecule has 1 aliphatic rings. The van der Waals surface area contributed by atoms with Crippen molar-refractivity contribution in [3.05, 3.63) is 70.3 Å². The van der Waals surface area contributed by atoms with Crippen molar-refractivity contribution in [2.45, 2.75) is 31.6 Å². The Morgan fingerprint density at radius 3 is 1.94 bits per heavy atom. The molecule has 0 bridgehead atoms. The molecule has 0 N–H and O–H groups in total. The van der Waals surface area contributed by atoms with Crippen molar-refractivity contribution in [3.8, 4) is 0 Å². The zero-order chi connectivity index (χ0) is 22.3. The fraction of sp³-hybridized carbons (Fsp3) is 0.217. The first-order valence-electron chi connectivity index (χ1n) is 9.36. The van der Waals surface area contributed by atoms with Crippen LogP contribution in [0, 0.1) is 13.8 Å². The van der Waals surface area contributed by atoms with Crippen LogP contribution in [-0.2, 0) is 0 Å². The molecular formula is C23H14F6OS. The highest BCUT2D eigenvalue weighted by Gasteiger charge is 2.80. The number of furan rings is 1. The van der Waals surface area contributed by atoms with E-state index in [2.05, 4.69) is 0 Å². The fourth-order valence-corrected chi connectivity index (χ4v) is 5.42. The molecule has 0 amide bonds. The maximum absolute atomic E-state index is 15.2. The van der Waals surface area contributed by atoms with Crippen LogP contribution in [0.15, 0.2) is 52.9 Å². The average Bonchev–Trinajstić information content (AvgIpc) is 3.23. The zero-order valence-corrected chi connectivity index (χ0v) is 17.0. The van der Waals surface area contributed by atoms with E-state index in [0.29, 0.717) is 4.70 Å². The normalized spacial score (nSPS) is 19.6. The van der Waals surface area contributed by atoms with Crippen LogP contribution in [0.25, 0.3) is 32.2 Å². The molecule has 1 nitrogen and oxygen atoms in total. The molecule has 0 radical (unpaired) electrons. The minimum absolute atomic E-state index is 0.0814. The van der Waals surface area contributed by atoms with E-state index in [4.69, 9.17) is 4.42 Å². The summed E-state index contributed by atoms with van der Waals surface area (Å²) in [7, 11) is 0. The second-order valence-electron chi connectivity index (χ2n) is 7.53. The van der Waals surface area contributed by atoms with Gasteiger partial charge in [0, 0.05) is 42.6 Å². The van der Waals surface area contributed by atoms with Gasteiger partial charge in [0.05, 0.1) is 0 Å². The molecule has 0 saturated heterocycles. The number of allylic oxidation sites excluding steroid dienone is 2. The maximum atomic E-state index is 15.2. The Kier molecular flexibility index (Phi) is 4.01. The summed E-state index contributed by atoms with van der Waals surface area (Å²) in [6.45, 7) is 2.78. The Hall–Kier alpha value is -2.74. The van der Waals surface area contributed by atoms with Gasteiger partial charge in [-0.05, 0) is 26.0 Å². The Morgan fingerprint density at radius 2 is 1.26 bits per heavy atom. The van der Waals surface area contributed by atoms with Gasteiger partial charge in [-0.15, -0.1) is 11.3 Å². The highest BCUT2D eigenvalue weighted by Crippen LogP contribution is 2.66. The monoisotopic (exact) mass is 452 g/mol. The van der Waals surface area contributed by atoms with Crippen molar-refractivity contribution in [3.63, 3.8) is 0 Å². The number of hydrogen-bond acceptors (Lipinski definition) is 2. The molecule has 0 atom stereocenters. The summed E-state index contributed by atoms with van der Waals surface area (Å²) in [4.78, 5) is 0.257. The van der Waals surface area contributed by atoms with Crippen LogP contribution in [0.4, 0.5) is 26.3 Å². The molecule has 31 heavy (non-hydrogen) atoms.